The Kier molecular flexibility index (Phi) is 2.93. The van der Waals surface area contributed by atoms with E-state index in [1.807, 2.05) is 43.5 Å². The number of aromatic nitrogens is 1. The number of hydrogen-bond acceptors (Lipinski definition) is 1. The number of nitrogens with one attached hydrogen (secondary N) is 1. The minimum Gasteiger partial charge on any atom is -0.382 e. The first-order valence-corrected chi connectivity index (χ1v) is 5.54. The van der Waals surface area contributed by atoms with Gasteiger partial charge in [0.15, 0.2) is 0 Å². The molecule has 2 rings (SSSR count). The first kappa shape index (κ1) is 10.5. The van der Waals surface area contributed by atoms with Crippen LogP contribution in [0.15, 0.2) is 41.0 Å². The van der Waals surface area contributed by atoms with Crippen LogP contribution < -0.4 is 0 Å². The van der Waals surface area contributed by atoms with Crippen LogP contribution in [0.4, 0.5) is 0 Å². The summed E-state index contributed by atoms with van der Waals surface area (Å²) in [5.74, 6) is 0. The number of aliphatic hydroxyl groups excluding tert-OH is 1. The molecule has 2 N–H and O–H groups in total. The Labute approximate surface area is 97.1 Å². The second-order valence-corrected chi connectivity index (χ2v) is 4.51. The molecule has 2 aromatic rings. The average Bonchev–Trinajstić information content (AvgIpc) is 2.67. The number of halogens is 1. The Morgan fingerprint density at radius 2 is 2.13 bits per heavy atom. The number of aromatic amines is 1. The van der Waals surface area contributed by atoms with E-state index < -0.39 is 6.10 Å². The first-order valence-electron chi connectivity index (χ1n) is 4.75. The van der Waals surface area contributed by atoms with Crippen molar-refractivity contribution in [3.63, 3.8) is 0 Å². The van der Waals surface area contributed by atoms with Gasteiger partial charge in [-0.15, -0.1) is 0 Å². The molecule has 0 bridgehead atoms. The second-order valence-electron chi connectivity index (χ2n) is 3.59. The second kappa shape index (κ2) is 4.21. The molecule has 0 aliphatic rings. The highest BCUT2D eigenvalue weighted by atomic mass is 79.9. The van der Waals surface area contributed by atoms with E-state index in [0.717, 1.165) is 21.3 Å². The van der Waals surface area contributed by atoms with Crippen LogP contribution in [0.5, 0.6) is 0 Å². The number of H-pyrrole nitrogens is 1. The van der Waals surface area contributed by atoms with Crippen LogP contribution in [-0.4, -0.2) is 10.1 Å². The largest absolute Gasteiger partial charge is 0.382 e. The van der Waals surface area contributed by atoms with Gasteiger partial charge in [0.25, 0.3) is 0 Å². The number of hydrogen-bond donors (Lipinski definition) is 2. The zero-order valence-electron chi connectivity index (χ0n) is 8.37. The summed E-state index contributed by atoms with van der Waals surface area (Å²) in [4.78, 5) is 3.01. The van der Waals surface area contributed by atoms with Gasteiger partial charge >= 0.3 is 0 Å². The monoisotopic (exact) mass is 265 g/mol. The Morgan fingerprint density at radius 1 is 1.33 bits per heavy atom. The van der Waals surface area contributed by atoms with Crippen LogP contribution in [-0.2, 0) is 0 Å². The van der Waals surface area contributed by atoms with E-state index in [1.165, 1.54) is 0 Å². The van der Waals surface area contributed by atoms with Crippen molar-refractivity contribution in [3.8, 4) is 0 Å². The molecule has 0 fully saturated rings. The molecule has 0 aliphatic heterocycles. The average molecular weight is 266 g/mol. The van der Waals surface area contributed by atoms with E-state index in [0.29, 0.717) is 0 Å². The van der Waals surface area contributed by atoms with Crippen LogP contribution in [0, 0.1) is 6.92 Å². The van der Waals surface area contributed by atoms with Crippen LogP contribution in [0.3, 0.4) is 0 Å². The van der Waals surface area contributed by atoms with Crippen molar-refractivity contribution in [1.82, 2.24) is 4.98 Å². The van der Waals surface area contributed by atoms with Crippen LogP contribution in [0.1, 0.15) is 22.9 Å². The van der Waals surface area contributed by atoms with Crippen molar-refractivity contribution in [2.75, 3.05) is 0 Å². The quantitative estimate of drug-likeness (QED) is 0.860. The summed E-state index contributed by atoms with van der Waals surface area (Å²) in [5, 5.41) is 10.1. The summed E-state index contributed by atoms with van der Waals surface area (Å²) in [5.41, 5.74) is 2.84. The van der Waals surface area contributed by atoms with Crippen molar-refractivity contribution < 1.29 is 5.11 Å². The van der Waals surface area contributed by atoms with Gasteiger partial charge in [0, 0.05) is 16.4 Å². The molecule has 1 aromatic heterocycles. The van der Waals surface area contributed by atoms with E-state index in [-0.39, 0.29) is 0 Å². The Bertz CT molecular complexity index is 430. The molecule has 0 spiro atoms. The van der Waals surface area contributed by atoms with Crippen LogP contribution >= 0.6 is 15.9 Å². The third-order valence-corrected chi connectivity index (χ3v) is 2.75. The zero-order valence-corrected chi connectivity index (χ0v) is 9.95. The smallest absolute Gasteiger partial charge is 0.119 e. The van der Waals surface area contributed by atoms with Crippen molar-refractivity contribution in [1.29, 1.82) is 0 Å². The topological polar surface area (TPSA) is 36.0 Å². The fourth-order valence-corrected chi connectivity index (χ4v) is 2.24. The molecule has 0 saturated heterocycles. The Morgan fingerprint density at radius 3 is 2.73 bits per heavy atom. The highest BCUT2D eigenvalue weighted by Crippen LogP contribution is 2.24. The van der Waals surface area contributed by atoms with Gasteiger partial charge in [-0.1, -0.05) is 22.0 Å². The molecule has 15 heavy (non-hydrogen) atoms. The predicted molar refractivity (Wildman–Crippen MR) is 63.7 cm³/mol. The molecule has 1 atom stereocenters. The van der Waals surface area contributed by atoms with Gasteiger partial charge < -0.3 is 10.1 Å². The van der Waals surface area contributed by atoms with Gasteiger partial charge in [-0.25, -0.2) is 0 Å². The van der Waals surface area contributed by atoms with E-state index in [2.05, 4.69) is 20.9 Å². The minimum absolute atomic E-state index is 0.587. The molecule has 2 nitrogen and oxygen atoms in total. The molecule has 0 saturated carbocycles. The Balaban J connectivity index is 2.37. The van der Waals surface area contributed by atoms with Crippen LogP contribution in [0.25, 0.3) is 0 Å². The maximum absolute atomic E-state index is 10.1. The summed E-state index contributed by atoms with van der Waals surface area (Å²) in [6, 6.07) is 9.68. The lowest BCUT2D eigenvalue weighted by atomic mass is 10.0. The van der Waals surface area contributed by atoms with Gasteiger partial charge in [-0.3, -0.25) is 0 Å². The third kappa shape index (κ3) is 2.30. The van der Waals surface area contributed by atoms with Gasteiger partial charge in [-0.2, -0.15) is 0 Å². The van der Waals surface area contributed by atoms with Crippen molar-refractivity contribution in [2.45, 2.75) is 13.0 Å². The normalized spacial score (nSPS) is 12.7. The number of aryl methyl sites for hydroxylation is 1. The third-order valence-electron chi connectivity index (χ3n) is 2.30. The number of benzene rings is 1. The zero-order chi connectivity index (χ0) is 10.8. The van der Waals surface area contributed by atoms with Crippen molar-refractivity contribution in [3.05, 3.63) is 57.8 Å². The maximum atomic E-state index is 10.1. The van der Waals surface area contributed by atoms with E-state index >= 15 is 0 Å². The summed E-state index contributed by atoms with van der Waals surface area (Å²) in [7, 11) is 0. The van der Waals surface area contributed by atoms with Gasteiger partial charge in [-0.05, 0) is 42.3 Å². The molecule has 1 heterocycles. The number of aliphatic hydroxyl groups is 1. The lowest BCUT2D eigenvalue weighted by Gasteiger charge is -2.10. The fraction of sp³-hybridized carbons (Fsp3) is 0.167. The SMILES string of the molecule is Cc1cc(Br)cc(C(O)c2ccc[nH]2)c1. The molecular formula is C12H12BrNO. The standard InChI is InChI=1S/C12H12BrNO/c1-8-5-9(7-10(13)6-8)12(15)11-3-2-4-14-11/h2-7,12,14-15H,1H3. The molecule has 0 aliphatic carbocycles. The van der Waals surface area contributed by atoms with Gasteiger partial charge in [0.05, 0.1) is 0 Å². The van der Waals surface area contributed by atoms with Gasteiger partial charge in [0.1, 0.15) is 6.10 Å². The Hall–Kier alpha value is -1.06. The summed E-state index contributed by atoms with van der Waals surface area (Å²) in [6.45, 7) is 2.01. The van der Waals surface area contributed by atoms with E-state index in [4.69, 9.17) is 0 Å². The fourth-order valence-electron chi connectivity index (χ4n) is 1.62. The lowest BCUT2D eigenvalue weighted by Crippen LogP contribution is -2.00. The van der Waals surface area contributed by atoms with Crippen LogP contribution in [0.2, 0.25) is 0 Å². The highest BCUT2D eigenvalue weighted by Gasteiger charge is 2.11. The summed E-state index contributed by atoms with van der Waals surface area (Å²) >= 11 is 3.42. The molecule has 78 valence electrons. The molecule has 1 aromatic carbocycles. The molecule has 3 heteroatoms. The van der Waals surface area contributed by atoms with Crippen molar-refractivity contribution in [2.24, 2.45) is 0 Å². The lowest BCUT2D eigenvalue weighted by molar-refractivity contribution is 0.216. The molecule has 0 amide bonds. The number of rotatable bonds is 2. The summed E-state index contributed by atoms with van der Waals surface area (Å²) < 4.78 is 0.989. The summed E-state index contributed by atoms with van der Waals surface area (Å²) in [6.07, 6.45) is 1.22. The molecule has 0 radical (unpaired) electrons. The van der Waals surface area contributed by atoms with Crippen molar-refractivity contribution >= 4 is 15.9 Å². The minimum atomic E-state index is -0.587. The predicted octanol–water partition coefficient (Wildman–Crippen LogP) is 3.17. The molecule has 1 unspecified atom stereocenters. The first-order chi connectivity index (χ1) is 7.16. The van der Waals surface area contributed by atoms with E-state index in [9.17, 15) is 5.11 Å². The van der Waals surface area contributed by atoms with Gasteiger partial charge in [0.2, 0.25) is 0 Å². The highest BCUT2D eigenvalue weighted by molar-refractivity contribution is 9.10. The molecular weight excluding hydrogens is 254 g/mol. The van der Waals surface area contributed by atoms with E-state index in [1.54, 1.807) is 0 Å². The maximum Gasteiger partial charge on any atom is 0.119 e.